The van der Waals surface area contributed by atoms with Crippen molar-refractivity contribution in [1.82, 2.24) is 20.1 Å². The number of rotatable bonds is 6. The quantitative estimate of drug-likeness (QED) is 0.405. The average molecular weight is 461 g/mol. The zero-order chi connectivity index (χ0) is 22.9. The predicted molar refractivity (Wildman–Crippen MR) is 125 cm³/mol. The molecule has 1 amide bonds. The fourth-order valence-electron chi connectivity index (χ4n) is 4.09. The molecule has 0 saturated heterocycles. The minimum Gasteiger partial charge on any atom is -0.493 e. The number of fused-ring (bicyclic) bond motifs is 3. The third-order valence-corrected chi connectivity index (χ3v) is 5.93. The first-order valence-corrected chi connectivity index (χ1v) is 10.8. The molecule has 2 aromatic heterocycles. The van der Waals surface area contributed by atoms with E-state index in [2.05, 4.69) is 10.3 Å². The molecule has 0 unspecified atom stereocenters. The lowest BCUT2D eigenvalue weighted by molar-refractivity contribution is 0.0944. The number of pyridine rings is 1. The Kier molecular flexibility index (Phi) is 5.48. The molecular formula is C25H21ClN4O3. The van der Waals surface area contributed by atoms with Crippen molar-refractivity contribution in [2.75, 3.05) is 14.2 Å². The second-order valence-corrected chi connectivity index (χ2v) is 8.09. The molecule has 2 aromatic carbocycles. The van der Waals surface area contributed by atoms with Gasteiger partial charge in [0.05, 0.1) is 25.6 Å². The van der Waals surface area contributed by atoms with Crippen LogP contribution in [0, 0.1) is 0 Å². The van der Waals surface area contributed by atoms with E-state index in [0.717, 1.165) is 33.6 Å². The standard InChI is InChI=1S/C25H21ClN4O3/c1-32-21-11-16-10-20-23(25(31)28-14-15-4-3-9-27-13-15)29-30(18-7-5-17(26)6-8-18)24(20)19(16)12-22(21)33-2/h3-9,11-13H,10,14H2,1-2H3,(H,28,31). The summed E-state index contributed by atoms with van der Waals surface area (Å²) in [7, 11) is 3.22. The van der Waals surface area contributed by atoms with Crippen molar-refractivity contribution in [2.45, 2.75) is 13.0 Å². The van der Waals surface area contributed by atoms with Crippen molar-refractivity contribution in [3.05, 3.63) is 88.3 Å². The fraction of sp³-hybridized carbons (Fsp3) is 0.160. The van der Waals surface area contributed by atoms with Crippen molar-refractivity contribution < 1.29 is 14.3 Å². The maximum Gasteiger partial charge on any atom is 0.272 e. The molecule has 8 heteroatoms. The molecule has 1 N–H and O–H groups in total. The summed E-state index contributed by atoms with van der Waals surface area (Å²) in [6.07, 6.45) is 3.99. The highest BCUT2D eigenvalue weighted by Crippen LogP contribution is 2.44. The number of nitrogens with one attached hydrogen (secondary N) is 1. The molecule has 0 radical (unpaired) electrons. The Morgan fingerprint density at radius 3 is 2.58 bits per heavy atom. The van der Waals surface area contributed by atoms with Crippen LogP contribution in [0.5, 0.6) is 11.5 Å². The Morgan fingerprint density at radius 1 is 1.12 bits per heavy atom. The summed E-state index contributed by atoms with van der Waals surface area (Å²) in [5.41, 5.74) is 5.83. The van der Waals surface area contributed by atoms with Gasteiger partial charge in [-0.05, 0) is 53.6 Å². The topological polar surface area (TPSA) is 78.3 Å². The number of aromatic nitrogens is 3. The highest BCUT2D eigenvalue weighted by atomic mass is 35.5. The minimum absolute atomic E-state index is 0.241. The molecule has 0 spiro atoms. The summed E-state index contributed by atoms with van der Waals surface area (Å²) >= 11 is 6.10. The fourth-order valence-corrected chi connectivity index (χ4v) is 4.22. The van der Waals surface area contributed by atoms with Gasteiger partial charge in [0.15, 0.2) is 17.2 Å². The van der Waals surface area contributed by atoms with E-state index in [0.29, 0.717) is 35.2 Å². The number of hydrogen-bond acceptors (Lipinski definition) is 5. The van der Waals surface area contributed by atoms with Crippen LogP contribution in [0.2, 0.25) is 5.02 Å². The van der Waals surface area contributed by atoms with E-state index in [1.54, 1.807) is 43.4 Å². The first kappa shape index (κ1) is 21.0. The Bertz CT molecular complexity index is 1330. The van der Waals surface area contributed by atoms with Crippen LogP contribution in [0.3, 0.4) is 0 Å². The summed E-state index contributed by atoms with van der Waals surface area (Å²) in [6.45, 7) is 0.365. The largest absolute Gasteiger partial charge is 0.493 e. The van der Waals surface area contributed by atoms with E-state index < -0.39 is 0 Å². The number of ether oxygens (including phenoxy) is 2. The molecule has 1 aliphatic carbocycles. The van der Waals surface area contributed by atoms with Crippen molar-refractivity contribution in [3.63, 3.8) is 0 Å². The highest BCUT2D eigenvalue weighted by molar-refractivity contribution is 6.30. The number of halogens is 1. The van der Waals surface area contributed by atoms with Crippen molar-refractivity contribution in [2.24, 2.45) is 0 Å². The molecule has 166 valence electrons. The normalized spacial score (nSPS) is 11.6. The number of hydrogen-bond donors (Lipinski definition) is 1. The smallest absolute Gasteiger partial charge is 0.272 e. The van der Waals surface area contributed by atoms with Gasteiger partial charge in [-0.2, -0.15) is 5.10 Å². The SMILES string of the molecule is COc1cc2c(cc1OC)-c1c(c(C(=O)NCc3cccnc3)nn1-c1ccc(Cl)cc1)C2. The van der Waals surface area contributed by atoms with E-state index in [1.165, 1.54) is 0 Å². The molecule has 0 saturated carbocycles. The monoisotopic (exact) mass is 460 g/mol. The second kappa shape index (κ2) is 8.60. The van der Waals surface area contributed by atoms with Gasteiger partial charge in [-0.3, -0.25) is 9.78 Å². The molecule has 0 bridgehead atoms. The molecular weight excluding hydrogens is 440 g/mol. The van der Waals surface area contributed by atoms with Crippen molar-refractivity contribution in [1.29, 1.82) is 0 Å². The number of amides is 1. The van der Waals surface area contributed by atoms with Gasteiger partial charge in [0.1, 0.15) is 0 Å². The van der Waals surface area contributed by atoms with Gasteiger partial charge in [-0.25, -0.2) is 4.68 Å². The number of benzene rings is 2. The van der Waals surface area contributed by atoms with Gasteiger partial charge in [-0.15, -0.1) is 0 Å². The lowest BCUT2D eigenvalue weighted by atomic mass is 10.1. The van der Waals surface area contributed by atoms with Crippen molar-refractivity contribution >= 4 is 17.5 Å². The van der Waals surface area contributed by atoms with E-state index in [9.17, 15) is 4.79 Å². The van der Waals surface area contributed by atoms with E-state index in [1.807, 2.05) is 36.4 Å². The van der Waals surface area contributed by atoms with Crippen LogP contribution in [-0.4, -0.2) is 34.9 Å². The zero-order valence-electron chi connectivity index (χ0n) is 18.1. The zero-order valence-corrected chi connectivity index (χ0v) is 18.9. The van der Waals surface area contributed by atoms with Gasteiger partial charge >= 0.3 is 0 Å². The number of carbonyl (C=O) groups excluding carboxylic acids is 1. The van der Waals surface area contributed by atoms with Gasteiger partial charge in [-0.1, -0.05) is 17.7 Å². The van der Waals surface area contributed by atoms with Crippen LogP contribution in [0.1, 0.15) is 27.2 Å². The number of methoxy groups -OCH3 is 2. The molecule has 7 nitrogen and oxygen atoms in total. The van der Waals surface area contributed by atoms with Crippen LogP contribution in [0.4, 0.5) is 0 Å². The number of nitrogens with zero attached hydrogens (tertiary/aromatic N) is 3. The summed E-state index contributed by atoms with van der Waals surface area (Å²) in [6, 6.07) is 15.0. The molecule has 33 heavy (non-hydrogen) atoms. The Morgan fingerprint density at radius 2 is 1.88 bits per heavy atom. The summed E-state index contributed by atoms with van der Waals surface area (Å²) in [5.74, 6) is 1.03. The summed E-state index contributed by atoms with van der Waals surface area (Å²) in [5, 5.41) is 8.31. The lowest BCUT2D eigenvalue weighted by Gasteiger charge is -2.12. The number of carbonyl (C=O) groups is 1. The molecule has 1 aliphatic rings. The predicted octanol–water partition coefficient (Wildman–Crippen LogP) is 4.44. The van der Waals surface area contributed by atoms with E-state index in [4.69, 9.17) is 26.2 Å². The molecule has 0 fully saturated rings. The molecule has 0 aliphatic heterocycles. The maximum atomic E-state index is 13.2. The van der Waals surface area contributed by atoms with Crippen LogP contribution in [-0.2, 0) is 13.0 Å². The average Bonchev–Trinajstić information content (AvgIpc) is 3.39. The van der Waals surface area contributed by atoms with Gasteiger partial charge < -0.3 is 14.8 Å². The van der Waals surface area contributed by atoms with Crippen LogP contribution in [0.15, 0.2) is 60.9 Å². The third kappa shape index (κ3) is 3.81. The van der Waals surface area contributed by atoms with Gasteiger partial charge in [0.2, 0.25) is 0 Å². The Hall–Kier alpha value is -3.84. The van der Waals surface area contributed by atoms with Gasteiger partial charge in [0.25, 0.3) is 5.91 Å². The minimum atomic E-state index is -0.241. The lowest BCUT2D eigenvalue weighted by Crippen LogP contribution is -2.24. The van der Waals surface area contributed by atoms with Gasteiger partial charge in [0, 0.05) is 41.5 Å². The second-order valence-electron chi connectivity index (χ2n) is 7.65. The van der Waals surface area contributed by atoms with Crippen LogP contribution < -0.4 is 14.8 Å². The first-order valence-electron chi connectivity index (χ1n) is 10.4. The molecule has 5 rings (SSSR count). The van der Waals surface area contributed by atoms with Crippen LogP contribution in [0.25, 0.3) is 16.9 Å². The van der Waals surface area contributed by atoms with Crippen LogP contribution >= 0.6 is 11.6 Å². The maximum absolute atomic E-state index is 13.2. The van der Waals surface area contributed by atoms with E-state index in [-0.39, 0.29) is 5.91 Å². The molecule has 2 heterocycles. The summed E-state index contributed by atoms with van der Waals surface area (Å²) in [4.78, 5) is 17.3. The summed E-state index contributed by atoms with van der Waals surface area (Å²) < 4.78 is 12.8. The molecule has 4 aromatic rings. The Labute approximate surface area is 195 Å². The third-order valence-electron chi connectivity index (χ3n) is 5.68. The highest BCUT2D eigenvalue weighted by Gasteiger charge is 2.32. The first-order chi connectivity index (χ1) is 16.1. The Balaban J connectivity index is 1.59. The van der Waals surface area contributed by atoms with Crippen molar-refractivity contribution in [3.8, 4) is 28.4 Å². The van der Waals surface area contributed by atoms with E-state index >= 15 is 0 Å². The molecule has 0 atom stereocenters.